The molecule has 1 saturated heterocycles. The maximum absolute atomic E-state index is 13.4. The first-order valence-corrected chi connectivity index (χ1v) is 14.5. The van der Waals surface area contributed by atoms with Gasteiger partial charge in [-0.05, 0) is 76.6 Å². The molecule has 10 heteroatoms. The third-order valence-electron chi connectivity index (χ3n) is 7.64. The van der Waals surface area contributed by atoms with E-state index in [2.05, 4.69) is 29.4 Å². The number of sulfone groups is 1. The quantitative estimate of drug-likeness (QED) is 0.584. The minimum Gasteiger partial charge on any atom is -0.377 e. The van der Waals surface area contributed by atoms with E-state index >= 15 is 0 Å². The number of benzene rings is 1. The lowest BCUT2D eigenvalue weighted by Gasteiger charge is -2.40. The highest BCUT2D eigenvalue weighted by Crippen LogP contribution is 2.57. The second kappa shape index (κ2) is 8.69. The molecule has 3 saturated carbocycles. The minimum absolute atomic E-state index is 0.107. The van der Waals surface area contributed by atoms with Gasteiger partial charge in [0.05, 0.1) is 36.2 Å². The van der Waals surface area contributed by atoms with Crippen molar-refractivity contribution in [1.29, 1.82) is 0 Å². The van der Waals surface area contributed by atoms with E-state index in [0.717, 1.165) is 37.1 Å². The lowest BCUT2D eigenvalue weighted by atomic mass is 10.1. The average molecular weight is 512 g/mol. The molecule has 192 valence electrons. The van der Waals surface area contributed by atoms with Crippen molar-refractivity contribution in [3.63, 3.8) is 0 Å². The van der Waals surface area contributed by atoms with E-state index in [1.807, 2.05) is 30.3 Å². The third-order valence-corrected chi connectivity index (χ3v) is 10.7. The van der Waals surface area contributed by atoms with Crippen LogP contribution in [0, 0.1) is 0 Å². The smallest absolute Gasteiger partial charge is 0.319 e. The molecule has 3 aliphatic carbocycles. The lowest BCUT2D eigenvalue weighted by molar-refractivity contribution is 0.0752. The molecule has 2 N–H and O–H groups in total. The molecule has 2 aromatic rings. The Bertz CT molecular complexity index is 1260. The highest BCUT2D eigenvalue weighted by molar-refractivity contribution is 7.93. The fourth-order valence-corrected chi connectivity index (χ4v) is 7.63. The maximum Gasteiger partial charge on any atom is 0.319 e. The molecule has 2 atom stereocenters. The SMILES string of the molecule is CC1COCC(C)N1c1cc(C2(S(=O)(=O)C3CC3)CC2)nc(-c2ccc(NC(=O)NC3CC3)cc2)n1. The van der Waals surface area contributed by atoms with Crippen molar-refractivity contribution in [3.05, 3.63) is 36.0 Å². The minimum atomic E-state index is -3.29. The summed E-state index contributed by atoms with van der Waals surface area (Å²) in [5.74, 6) is 1.24. The van der Waals surface area contributed by atoms with Crippen LogP contribution in [-0.4, -0.2) is 61.0 Å². The van der Waals surface area contributed by atoms with Gasteiger partial charge >= 0.3 is 6.03 Å². The van der Waals surface area contributed by atoms with Crippen LogP contribution < -0.4 is 15.5 Å². The van der Waals surface area contributed by atoms with E-state index < -0.39 is 14.6 Å². The molecule has 9 nitrogen and oxygen atoms in total. The van der Waals surface area contributed by atoms with Crippen LogP contribution in [0.3, 0.4) is 0 Å². The predicted molar refractivity (Wildman–Crippen MR) is 138 cm³/mol. The van der Waals surface area contributed by atoms with Crippen LogP contribution in [0.5, 0.6) is 0 Å². The Kier molecular flexibility index (Phi) is 5.71. The zero-order chi connectivity index (χ0) is 25.1. The maximum atomic E-state index is 13.4. The van der Waals surface area contributed by atoms with Crippen molar-refractivity contribution in [2.24, 2.45) is 0 Å². The van der Waals surface area contributed by atoms with Crippen molar-refractivity contribution < 1.29 is 17.9 Å². The van der Waals surface area contributed by atoms with E-state index in [4.69, 9.17) is 14.7 Å². The highest BCUT2D eigenvalue weighted by Gasteiger charge is 2.61. The normalized spacial score (nSPS) is 25.3. The third kappa shape index (κ3) is 4.34. The van der Waals surface area contributed by atoms with Crippen LogP contribution in [0.4, 0.5) is 16.3 Å². The first-order valence-electron chi connectivity index (χ1n) is 12.9. The fraction of sp³-hybridized carbons (Fsp3) is 0.577. The van der Waals surface area contributed by atoms with E-state index in [-0.39, 0.29) is 29.4 Å². The Morgan fingerprint density at radius 2 is 1.69 bits per heavy atom. The largest absolute Gasteiger partial charge is 0.377 e. The molecular formula is C26H33N5O4S. The predicted octanol–water partition coefficient (Wildman–Crippen LogP) is 3.61. The van der Waals surface area contributed by atoms with Gasteiger partial charge in [0.25, 0.3) is 0 Å². The lowest BCUT2D eigenvalue weighted by Crippen LogP contribution is -2.50. The number of morpholine rings is 1. The Morgan fingerprint density at radius 3 is 2.28 bits per heavy atom. The molecule has 2 amide bonds. The van der Waals surface area contributed by atoms with Gasteiger partial charge in [0.15, 0.2) is 15.7 Å². The van der Waals surface area contributed by atoms with Gasteiger partial charge in [0.2, 0.25) is 0 Å². The summed E-state index contributed by atoms with van der Waals surface area (Å²) in [6.45, 7) is 5.37. The van der Waals surface area contributed by atoms with Gasteiger partial charge in [-0.25, -0.2) is 23.2 Å². The molecule has 1 aliphatic heterocycles. The number of aromatic nitrogens is 2. The molecule has 2 unspecified atom stereocenters. The van der Waals surface area contributed by atoms with E-state index in [0.29, 0.717) is 43.3 Å². The summed E-state index contributed by atoms with van der Waals surface area (Å²) in [4.78, 5) is 24.1. The zero-order valence-electron chi connectivity index (χ0n) is 20.7. The second-order valence-electron chi connectivity index (χ2n) is 10.8. The summed E-state index contributed by atoms with van der Waals surface area (Å²) in [5.41, 5.74) is 2.06. The fourth-order valence-electron chi connectivity index (χ4n) is 5.17. The van der Waals surface area contributed by atoms with Gasteiger partial charge in [0.1, 0.15) is 10.6 Å². The van der Waals surface area contributed by atoms with Gasteiger partial charge in [-0.15, -0.1) is 0 Å². The molecule has 4 aliphatic rings. The van der Waals surface area contributed by atoms with Crippen molar-refractivity contribution in [2.75, 3.05) is 23.4 Å². The van der Waals surface area contributed by atoms with Gasteiger partial charge in [-0.2, -0.15) is 0 Å². The van der Waals surface area contributed by atoms with Gasteiger partial charge in [0, 0.05) is 23.4 Å². The number of hydrogen-bond acceptors (Lipinski definition) is 7. The number of urea groups is 1. The summed E-state index contributed by atoms with van der Waals surface area (Å²) >= 11 is 0. The first kappa shape index (κ1) is 23.7. The van der Waals surface area contributed by atoms with Crippen LogP contribution in [0.15, 0.2) is 30.3 Å². The van der Waals surface area contributed by atoms with Crippen molar-refractivity contribution in [2.45, 2.75) is 80.5 Å². The monoisotopic (exact) mass is 511 g/mol. The Labute approximate surface area is 212 Å². The second-order valence-corrected chi connectivity index (χ2v) is 13.3. The molecule has 36 heavy (non-hydrogen) atoms. The van der Waals surface area contributed by atoms with Crippen molar-refractivity contribution in [3.8, 4) is 11.4 Å². The number of amides is 2. The van der Waals surface area contributed by atoms with E-state index in [9.17, 15) is 13.2 Å². The molecule has 4 fully saturated rings. The average Bonchev–Trinajstić information content (AvgIpc) is 3.68. The number of carbonyl (C=O) groups is 1. The number of anilines is 2. The zero-order valence-corrected chi connectivity index (χ0v) is 21.6. The molecule has 1 aromatic heterocycles. The number of hydrogen-bond donors (Lipinski definition) is 2. The van der Waals surface area contributed by atoms with Gasteiger partial charge < -0.3 is 20.3 Å². The van der Waals surface area contributed by atoms with Crippen molar-refractivity contribution >= 4 is 27.4 Å². The highest BCUT2D eigenvalue weighted by atomic mass is 32.2. The number of nitrogens with zero attached hydrogens (tertiary/aromatic N) is 3. The Hall–Kier alpha value is -2.72. The molecule has 1 aromatic carbocycles. The van der Waals surface area contributed by atoms with Crippen LogP contribution in [0.25, 0.3) is 11.4 Å². The number of carbonyl (C=O) groups excluding carboxylic acids is 1. The molecule has 6 rings (SSSR count). The molecule has 0 bridgehead atoms. The summed E-state index contributed by atoms with van der Waals surface area (Å²) in [6, 6.07) is 9.58. The van der Waals surface area contributed by atoms with E-state index in [1.165, 1.54) is 0 Å². The first-order chi connectivity index (χ1) is 17.3. The molecule has 2 heterocycles. The van der Waals surface area contributed by atoms with Gasteiger partial charge in [-0.1, -0.05) is 0 Å². The molecule has 0 spiro atoms. The molecule has 0 radical (unpaired) electrons. The number of nitrogens with one attached hydrogen (secondary N) is 2. The van der Waals surface area contributed by atoms with Crippen molar-refractivity contribution in [1.82, 2.24) is 15.3 Å². The summed E-state index contributed by atoms with van der Waals surface area (Å²) < 4.78 is 31.7. The molecular weight excluding hydrogens is 478 g/mol. The topological polar surface area (TPSA) is 114 Å². The van der Waals surface area contributed by atoms with Crippen LogP contribution in [0.2, 0.25) is 0 Å². The van der Waals surface area contributed by atoms with Gasteiger partial charge in [-0.3, -0.25) is 0 Å². The number of ether oxygens (including phenoxy) is 1. The Morgan fingerprint density at radius 1 is 1.03 bits per heavy atom. The standard InChI is InChI=1S/C26H33N5O4S/c1-16-14-35-15-17(2)31(16)23-13-22(26(11-12-26)36(33,34)21-9-10-21)29-24(30-23)18-3-5-19(6-4-18)27-25(32)28-20-7-8-20/h3-6,13,16-17,20-21H,7-12,14-15H2,1-2H3,(H2,27,28,32). The Balaban J connectivity index is 1.36. The van der Waals surface area contributed by atoms with Crippen LogP contribution >= 0.6 is 0 Å². The summed E-state index contributed by atoms with van der Waals surface area (Å²) in [7, 11) is -3.29. The number of rotatable bonds is 7. The summed E-state index contributed by atoms with van der Waals surface area (Å²) in [5, 5.41) is 5.53. The van der Waals surface area contributed by atoms with Crippen LogP contribution in [-0.2, 0) is 19.3 Å². The summed E-state index contributed by atoms with van der Waals surface area (Å²) in [6.07, 6.45) is 4.76. The van der Waals surface area contributed by atoms with E-state index in [1.54, 1.807) is 0 Å². The van der Waals surface area contributed by atoms with Crippen LogP contribution in [0.1, 0.15) is 58.1 Å².